The summed E-state index contributed by atoms with van der Waals surface area (Å²) in [6.45, 7) is 3.49. The molecule has 1 aromatic carbocycles. The molecule has 0 spiro atoms. The van der Waals surface area contributed by atoms with Crippen LogP contribution in [0.5, 0.6) is 0 Å². The van der Waals surface area contributed by atoms with Crippen LogP contribution in [0.25, 0.3) is 10.9 Å². The van der Waals surface area contributed by atoms with Crippen molar-refractivity contribution in [3.05, 3.63) is 35.5 Å². The van der Waals surface area contributed by atoms with Crippen molar-refractivity contribution in [2.24, 2.45) is 0 Å². The van der Waals surface area contributed by atoms with Crippen LogP contribution in [0.3, 0.4) is 0 Å². The van der Waals surface area contributed by atoms with Gasteiger partial charge in [-0.3, -0.25) is 9.89 Å². The summed E-state index contributed by atoms with van der Waals surface area (Å²) in [7, 11) is 0. The molecule has 3 rings (SSSR count). The van der Waals surface area contributed by atoms with E-state index in [0.29, 0.717) is 0 Å². The van der Waals surface area contributed by atoms with Crippen LogP contribution in [-0.4, -0.2) is 29.2 Å². The topological polar surface area (TPSA) is 69.8 Å². The van der Waals surface area contributed by atoms with E-state index in [9.17, 15) is 4.79 Å². The van der Waals surface area contributed by atoms with Crippen molar-refractivity contribution in [3.8, 4) is 0 Å². The SMILES string of the molecule is CC(C(=O)Nc1cccc2cn[nH]c12)=C1CNC1. The van der Waals surface area contributed by atoms with Gasteiger partial charge in [-0.15, -0.1) is 0 Å². The highest BCUT2D eigenvalue weighted by Crippen LogP contribution is 2.21. The zero-order valence-corrected chi connectivity index (χ0v) is 10.1. The first-order valence-corrected chi connectivity index (χ1v) is 5.88. The highest BCUT2D eigenvalue weighted by atomic mass is 16.1. The fraction of sp³-hybridized carbons (Fsp3) is 0.231. The number of aromatic amines is 1. The number of rotatable bonds is 2. The molecule has 0 unspecified atom stereocenters. The molecule has 1 saturated heterocycles. The average molecular weight is 242 g/mol. The molecule has 5 heteroatoms. The van der Waals surface area contributed by atoms with E-state index in [4.69, 9.17) is 0 Å². The summed E-state index contributed by atoms with van der Waals surface area (Å²) >= 11 is 0. The zero-order valence-electron chi connectivity index (χ0n) is 10.1. The second kappa shape index (κ2) is 4.27. The maximum atomic E-state index is 12.1. The quantitative estimate of drug-likeness (QED) is 0.697. The van der Waals surface area contributed by atoms with E-state index in [0.717, 1.165) is 35.3 Å². The van der Waals surface area contributed by atoms with E-state index in [1.165, 1.54) is 5.57 Å². The molecule has 3 N–H and O–H groups in total. The Morgan fingerprint density at radius 3 is 2.94 bits per heavy atom. The minimum Gasteiger partial charge on any atom is -0.320 e. The smallest absolute Gasteiger partial charge is 0.251 e. The second-order valence-corrected chi connectivity index (χ2v) is 4.43. The maximum Gasteiger partial charge on any atom is 0.251 e. The number of H-pyrrole nitrogens is 1. The van der Waals surface area contributed by atoms with E-state index < -0.39 is 0 Å². The number of nitrogens with one attached hydrogen (secondary N) is 3. The number of benzene rings is 1. The van der Waals surface area contributed by atoms with Gasteiger partial charge in [0.05, 0.1) is 17.4 Å². The molecular weight excluding hydrogens is 228 g/mol. The molecule has 0 saturated carbocycles. The molecule has 5 nitrogen and oxygen atoms in total. The van der Waals surface area contributed by atoms with Crippen LogP contribution in [0.4, 0.5) is 5.69 Å². The third kappa shape index (κ3) is 1.78. The van der Waals surface area contributed by atoms with Crippen molar-refractivity contribution in [2.45, 2.75) is 6.92 Å². The molecule has 92 valence electrons. The van der Waals surface area contributed by atoms with Gasteiger partial charge in [0.2, 0.25) is 0 Å². The number of hydrogen-bond donors (Lipinski definition) is 3. The fourth-order valence-corrected chi connectivity index (χ4v) is 1.96. The Hall–Kier alpha value is -2.14. The molecule has 1 aliphatic heterocycles. The summed E-state index contributed by atoms with van der Waals surface area (Å²) in [5, 5.41) is 13.9. The fourth-order valence-electron chi connectivity index (χ4n) is 1.96. The number of aromatic nitrogens is 2. The number of hydrogen-bond acceptors (Lipinski definition) is 3. The van der Waals surface area contributed by atoms with Gasteiger partial charge in [0.1, 0.15) is 0 Å². The Morgan fingerprint density at radius 2 is 2.22 bits per heavy atom. The van der Waals surface area contributed by atoms with Crippen molar-refractivity contribution in [2.75, 3.05) is 18.4 Å². The summed E-state index contributed by atoms with van der Waals surface area (Å²) < 4.78 is 0. The highest BCUT2D eigenvalue weighted by molar-refractivity contribution is 6.08. The van der Waals surface area contributed by atoms with Crippen LogP contribution in [-0.2, 0) is 4.79 Å². The summed E-state index contributed by atoms with van der Waals surface area (Å²) in [5.41, 5.74) is 3.59. The Balaban J connectivity index is 1.88. The van der Waals surface area contributed by atoms with Gasteiger partial charge in [0, 0.05) is 24.0 Å². The largest absolute Gasteiger partial charge is 0.320 e. The molecule has 1 aromatic heterocycles. The summed E-state index contributed by atoms with van der Waals surface area (Å²) in [6, 6.07) is 5.73. The Kier molecular flexibility index (Phi) is 2.60. The Labute approximate surface area is 104 Å². The van der Waals surface area contributed by atoms with Crippen molar-refractivity contribution in [3.63, 3.8) is 0 Å². The van der Waals surface area contributed by atoms with Gasteiger partial charge in [-0.2, -0.15) is 5.10 Å². The van der Waals surface area contributed by atoms with Crippen LogP contribution in [0, 0.1) is 0 Å². The molecule has 2 aromatic rings. The van der Waals surface area contributed by atoms with Crippen LogP contribution < -0.4 is 10.6 Å². The first-order chi connectivity index (χ1) is 8.75. The normalized spacial score (nSPS) is 14.4. The van der Waals surface area contributed by atoms with E-state index >= 15 is 0 Å². The lowest BCUT2D eigenvalue weighted by atomic mass is 10.0. The van der Waals surface area contributed by atoms with Crippen molar-refractivity contribution in [1.29, 1.82) is 0 Å². The van der Waals surface area contributed by atoms with E-state index in [1.54, 1.807) is 6.20 Å². The second-order valence-electron chi connectivity index (χ2n) is 4.43. The summed E-state index contributed by atoms with van der Waals surface area (Å²) in [4.78, 5) is 12.1. The van der Waals surface area contributed by atoms with E-state index in [1.807, 2.05) is 25.1 Å². The molecule has 0 aliphatic carbocycles. The van der Waals surface area contributed by atoms with Crippen molar-refractivity contribution >= 4 is 22.5 Å². The third-order valence-corrected chi connectivity index (χ3v) is 3.27. The van der Waals surface area contributed by atoms with Crippen LogP contribution >= 0.6 is 0 Å². The lowest BCUT2D eigenvalue weighted by molar-refractivity contribution is -0.112. The summed E-state index contributed by atoms with van der Waals surface area (Å²) in [6.07, 6.45) is 1.74. The van der Waals surface area contributed by atoms with Gasteiger partial charge in [0.15, 0.2) is 0 Å². The Morgan fingerprint density at radius 1 is 1.39 bits per heavy atom. The predicted molar refractivity (Wildman–Crippen MR) is 70.3 cm³/mol. The Bertz CT molecular complexity index is 635. The minimum absolute atomic E-state index is 0.0476. The molecule has 0 atom stereocenters. The first kappa shape index (κ1) is 11.0. The number of carbonyl (C=O) groups excluding carboxylic acids is 1. The van der Waals surface area contributed by atoms with Gasteiger partial charge >= 0.3 is 0 Å². The van der Waals surface area contributed by atoms with Crippen molar-refractivity contribution < 1.29 is 4.79 Å². The van der Waals surface area contributed by atoms with Crippen LogP contribution in [0.15, 0.2) is 35.5 Å². The monoisotopic (exact) mass is 242 g/mol. The molecular formula is C13H14N4O. The lowest BCUT2D eigenvalue weighted by Gasteiger charge is -2.21. The molecule has 0 radical (unpaired) electrons. The summed E-state index contributed by atoms with van der Waals surface area (Å²) in [5.74, 6) is -0.0476. The zero-order chi connectivity index (χ0) is 12.5. The van der Waals surface area contributed by atoms with E-state index in [-0.39, 0.29) is 5.91 Å². The number of amides is 1. The molecule has 1 fully saturated rings. The van der Waals surface area contributed by atoms with Gasteiger partial charge in [-0.1, -0.05) is 12.1 Å². The standard InChI is InChI=1S/C13H14N4O/c1-8(10-5-14-6-10)13(18)16-11-4-2-3-9-7-15-17-12(9)11/h2-4,7,14H,5-6H2,1H3,(H,15,17)(H,16,18). The lowest BCUT2D eigenvalue weighted by Crippen LogP contribution is -2.36. The molecule has 2 heterocycles. The highest BCUT2D eigenvalue weighted by Gasteiger charge is 2.16. The number of para-hydroxylation sites is 1. The first-order valence-electron chi connectivity index (χ1n) is 5.88. The van der Waals surface area contributed by atoms with Crippen LogP contribution in [0.2, 0.25) is 0 Å². The van der Waals surface area contributed by atoms with Gasteiger partial charge in [0.25, 0.3) is 5.91 Å². The average Bonchev–Trinajstić information content (AvgIpc) is 2.75. The van der Waals surface area contributed by atoms with Crippen LogP contribution in [0.1, 0.15) is 6.92 Å². The predicted octanol–water partition coefficient (Wildman–Crippen LogP) is 1.42. The van der Waals surface area contributed by atoms with Crippen molar-refractivity contribution in [1.82, 2.24) is 15.5 Å². The maximum absolute atomic E-state index is 12.1. The third-order valence-electron chi connectivity index (χ3n) is 3.27. The molecule has 1 amide bonds. The van der Waals surface area contributed by atoms with Gasteiger partial charge < -0.3 is 10.6 Å². The minimum atomic E-state index is -0.0476. The van der Waals surface area contributed by atoms with Gasteiger partial charge in [-0.25, -0.2) is 0 Å². The molecule has 18 heavy (non-hydrogen) atoms. The number of fused-ring (bicyclic) bond motifs is 1. The number of carbonyl (C=O) groups is 1. The molecule has 1 aliphatic rings. The molecule has 0 bridgehead atoms. The number of nitrogens with zero attached hydrogens (tertiary/aromatic N) is 1. The van der Waals surface area contributed by atoms with Gasteiger partial charge in [-0.05, 0) is 18.6 Å². The number of anilines is 1. The van der Waals surface area contributed by atoms with E-state index in [2.05, 4.69) is 20.8 Å².